The highest BCUT2D eigenvalue weighted by atomic mass is 16.2. The number of carbonyl (C=O) groups is 1. The van der Waals surface area contributed by atoms with Crippen molar-refractivity contribution in [1.29, 1.82) is 0 Å². The Labute approximate surface area is 136 Å². The molecule has 1 aromatic heterocycles. The molecule has 0 radical (unpaired) electrons. The number of anilines is 1. The molecule has 0 bridgehead atoms. The van der Waals surface area contributed by atoms with Crippen molar-refractivity contribution in [3.63, 3.8) is 0 Å². The number of nitrogens with zero attached hydrogens (tertiary/aromatic N) is 2. The van der Waals surface area contributed by atoms with Crippen LogP contribution in [-0.4, -0.2) is 28.9 Å². The Morgan fingerprint density at radius 2 is 1.96 bits per heavy atom. The van der Waals surface area contributed by atoms with Gasteiger partial charge in [-0.15, -0.1) is 0 Å². The van der Waals surface area contributed by atoms with Gasteiger partial charge in [-0.05, 0) is 36.1 Å². The molecule has 3 rings (SSSR count). The zero-order valence-corrected chi connectivity index (χ0v) is 13.5. The molecule has 0 atom stereocenters. The molecular weight excluding hydrogens is 286 g/mol. The Morgan fingerprint density at radius 3 is 2.57 bits per heavy atom. The molecule has 0 saturated heterocycles. The molecule has 4 nitrogen and oxygen atoms in total. The van der Waals surface area contributed by atoms with Gasteiger partial charge in [-0.2, -0.15) is 0 Å². The maximum Gasteiger partial charge on any atom is 0.219 e. The molecule has 1 aliphatic rings. The van der Waals surface area contributed by atoms with Crippen molar-refractivity contribution >= 4 is 17.3 Å². The second-order valence-corrected chi connectivity index (χ2v) is 5.97. The fourth-order valence-corrected chi connectivity index (χ4v) is 2.83. The van der Waals surface area contributed by atoms with Gasteiger partial charge in [0.2, 0.25) is 5.91 Å². The first-order valence-electron chi connectivity index (χ1n) is 7.82. The fourth-order valence-electron chi connectivity index (χ4n) is 2.83. The van der Waals surface area contributed by atoms with Crippen LogP contribution in [0.2, 0.25) is 0 Å². The highest BCUT2D eigenvalue weighted by Gasteiger charge is 2.16. The number of aryl methyl sites for hydroxylation is 1. The number of nitrogens with two attached hydrogens (primary N) is 1. The van der Waals surface area contributed by atoms with Crippen LogP contribution < -0.4 is 5.73 Å². The number of benzene rings is 1. The van der Waals surface area contributed by atoms with Gasteiger partial charge in [0.15, 0.2) is 0 Å². The smallest absolute Gasteiger partial charge is 0.219 e. The van der Waals surface area contributed by atoms with Crippen molar-refractivity contribution in [1.82, 2.24) is 9.88 Å². The minimum absolute atomic E-state index is 0.121. The van der Waals surface area contributed by atoms with Gasteiger partial charge in [0.1, 0.15) is 5.82 Å². The van der Waals surface area contributed by atoms with Crippen LogP contribution in [0.5, 0.6) is 0 Å². The molecule has 2 aromatic rings. The van der Waals surface area contributed by atoms with Crippen LogP contribution in [0.15, 0.2) is 42.6 Å². The van der Waals surface area contributed by atoms with Gasteiger partial charge in [-0.1, -0.05) is 35.9 Å². The monoisotopic (exact) mass is 307 g/mol. The van der Waals surface area contributed by atoms with Crippen molar-refractivity contribution in [2.24, 2.45) is 0 Å². The topological polar surface area (TPSA) is 59.2 Å². The Bertz CT molecular complexity index is 763. The minimum Gasteiger partial charge on any atom is -0.383 e. The van der Waals surface area contributed by atoms with E-state index in [1.54, 1.807) is 6.92 Å². The quantitative estimate of drug-likeness (QED) is 0.926. The standard InChI is InChI=1S/C19H21N3O/c1-13-3-5-16(6-4-13)18-11-17(12-21-19(18)20)15-7-9-22(10-8-15)14(2)23/h3-7,11-12H,8-10H2,1-2H3,(H2,20,21). The molecule has 23 heavy (non-hydrogen) atoms. The molecule has 0 unspecified atom stereocenters. The first-order chi connectivity index (χ1) is 11.0. The summed E-state index contributed by atoms with van der Waals surface area (Å²) in [6.07, 6.45) is 4.78. The Hall–Kier alpha value is -2.62. The van der Waals surface area contributed by atoms with Crippen molar-refractivity contribution in [2.75, 3.05) is 18.8 Å². The van der Waals surface area contributed by atoms with Crippen molar-refractivity contribution in [3.05, 3.63) is 53.7 Å². The second-order valence-electron chi connectivity index (χ2n) is 5.97. The lowest BCUT2D eigenvalue weighted by Crippen LogP contribution is -2.32. The predicted octanol–water partition coefficient (Wildman–Crippen LogP) is 3.27. The predicted molar refractivity (Wildman–Crippen MR) is 93.7 cm³/mol. The summed E-state index contributed by atoms with van der Waals surface area (Å²) in [6.45, 7) is 5.09. The average molecular weight is 307 g/mol. The number of hydrogen-bond acceptors (Lipinski definition) is 3. The first kappa shape index (κ1) is 15.3. The number of hydrogen-bond donors (Lipinski definition) is 1. The summed E-state index contributed by atoms with van der Waals surface area (Å²) >= 11 is 0. The Balaban J connectivity index is 1.92. The largest absolute Gasteiger partial charge is 0.383 e. The molecular formula is C19H21N3O. The van der Waals surface area contributed by atoms with E-state index in [4.69, 9.17) is 5.73 Å². The third-order valence-corrected chi connectivity index (χ3v) is 4.31. The second kappa shape index (κ2) is 6.24. The van der Waals surface area contributed by atoms with Crippen molar-refractivity contribution < 1.29 is 4.79 Å². The molecule has 1 amide bonds. The summed E-state index contributed by atoms with van der Waals surface area (Å²) in [5.41, 5.74) is 11.6. The van der Waals surface area contributed by atoms with Crippen LogP contribution in [-0.2, 0) is 4.79 Å². The summed E-state index contributed by atoms with van der Waals surface area (Å²) in [4.78, 5) is 17.6. The van der Waals surface area contributed by atoms with Crippen molar-refractivity contribution in [3.8, 4) is 11.1 Å². The number of aromatic nitrogens is 1. The zero-order chi connectivity index (χ0) is 16.4. The lowest BCUT2D eigenvalue weighted by Gasteiger charge is -2.25. The number of nitrogen functional groups attached to an aromatic ring is 1. The summed E-state index contributed by atoms with van der Waals surface area (Å²) < 4.78 is 0. The number of carbonyl (C=O) groups excluding carboxylic acids is 1. The lowest BCUT2D eigenvalue weighted by atomic mass is 9.97. The van der Waals surface area contributed by atoms with Crippen LogP contribution in [0.1, 0.15) is 24.5 Å². The maximum absolute atomic E-state index is 11.4. The van der Waals surface area contributed by atoms with Gasteiger partial charge in [-0.25, -0.2) is 4.98 Å². The average Bonchev–Trinajstić information content (AvgIpc) is 2.56. The van der Waals surface area contributed by atoms with Gasteiger partial charge in [-0.3, -0.25) is 4.79 Å². The minimum atomic E-state index is 0.121. The van der Waals surface area contributed by atoms with Gasteiger partial charge < -0.3 is 10.6 Å². The normalized spacial score (nSPS) is 14.5. The van der Waals surface area contributed by atoms with E-state index in [0.717, 1.165) is 29.7 Å². The summed E-state index contributed by atoms with van der Waals surface area (Å²) in [6, 6.07) is 10.4. The van der Waals surface area contributed by atoms with E-state index in [9.17, 15) is 4.79 Å². The number of pyridine rings is 1. The Morgan fingerprint density at radius 1 is 1.22 bits per heavy atom. The highest BCUT2D eigenvalue weighted by Crippen LogP contribution is 2.30. The molecule has 1 aromatic carbocycles. The summed E-state index contributed by atoms with van der Waals surface area (Å²) in [7, 11) is 0. The van der Waals surface area contributed by atoms with E-state index in [1.807, 2.05) is 11.1 Å². The molecule has 2 heterocycles. The van der Waals surface area contributed by atoms with Crippen LogP contribution in [0.25, 0.3) is 16.7 Å². The van der Waals surface area contributed by atoms with Gasteiger partial charge >= 0.3 is 0 Å². The van der Waals surface area contributed by atoms with E-state index in [0.29, 0.717) is 12.4 Å². The van der Waals surface area contributed by atoms with Gasteiger partial charge in [0, 0.05) is 31.8 Å². The van der Waals surface area contributed by atoms with E-state index in [1.165, 1.54) is 11.1 Å². The molecule has 0 spiro atoms. The molecule has 4 heteroatoms. The van der Waals surface area contributed by atoms with Crippen molar-refractivity contribution in [2.45, 2.75) is 20.3 Å². The van der Waals surface area contributed by atoms with Crippen LogP contribution in [0.3, 0.4) is 0 Å². The molecule has 1 aliphatic heterocycles. The number of amides is 1. The first-order valence-corrected chi connectivity index (χ1v) is 7.82. The van der Waals surface area contributed by atoms with E-state index in [-0.39, 0.29) is 5.91 Å². The highest BCUT2D eigenvalue weighted by molar-refractivity contribution is 5.80. The molecule has 0 saturated carbocycles. The third kappa shape index (κ3) is 3.26. The van der Waals surface area contributed by atoms with E-state index < -0.39 is 0 Å². The van der Waals surface area contributed by atoms with E-state index >= 15 is 0 Å². The fraction of sp³-hybridized carbons (Fsp3) is 0.263. The van der Waals surface area contributed by atoms with E-state index in [2.05, 4.69) is 48.3 Å². The zero-order valence-electron chi connectivity index (χ0n) is 13.5. The van der Waals surface area contributed by atoms with Gasteiger partial charge in [0.05, 0.1) is 0 Å². The van der Waals surface area contributed by atoms with Crippen LogP contribution in [0, 0.1) is 6.92 Å². The van der Waals surface area contributed by atoms with Crippen LogP contribution >= 0.6 is 0 Å². The molecule has 0 fully saturated rings. The molecule has 2 N–H and O–H groups in total. The molecule has 118 valence electrons. The SMILES string of the molecule is CC(=O)N1CC=C(c2cnc(N)c(-c3ccc(C)cc3)c2)CC1. The third-order valence-electron chi connectivity index (χ3n) is 4.31. The van der Waals surface area contributed by atoms with Crippen LogP contribution in [0.4, 0.5) is 5.82 Å². The molecule has 0 aliphatic carbocycles. The Kier molecular flexibility index (Phi) is 4.15. The van der Waals surface area contributed by atoms with Gasteiger partial charge in [0.25, 0.3) is 0 Å². The lowest BCUT2D eigenvalue weighted by molar-refractivity contribution is -0.128. The maximum atomic E-state index is 11.4. The summed E-state index contributed by atoms with van der Waals surface area (Å²) in [5.74, 6) is 0.662. The summed E-state index contributed by atoms with van der Waals surface area (Å²) in [5, 5.41) is 0. The number of rotatable bonds is 2.